The Kier molecular flexibility index (Phi) is 6.92. The van der Waals surface area contributed by atoms with Crippen LogP contribution in [0.1, 0.15) is 19.4 Å². The number of nitrogens with zero attached hydrogens (tertiary/aromatic N) is 1. The van der Waals surface area contributed by atoms with Crippen LogP contribution in [0, 0.1) is 5.41 Å². The molecule has 0 fully saturated rings. The molecule has 0 bridgehead atoms. The van der Waals surface area contributed by atoms with E-state index in [1.165, 1.54) is 0 Å². The molecule has 2 amide bonds. The van der Waals surface area contributed by atoms with Gasteiger partial charge < -0.3 is 15.0 Å². The average molecular weight is 354 g/mol. The Morgan fingerprint density at radius 1 is 1.00 bits per heavy atom. The molecule has 0 unspecified atom stereocenters. The Labute approximate surface area is 155 Å². The van der Waals surface area contributed by atoms with E-state index in [1.54, 1.807) is 25.9 Å². The molecule has 138 valence electrons. The van der Waals surface area contributed by atoms with Crippen molar-refractivity contribution in [1.29, 1.82) is 0 Å². The van der Waals surface area contributed by atoms with Gasteiger partial charge in [0, 0.05) is 19.3 Å². The summed E-state index contributed by atoms with van der Waals surface area (Å²) in [5, 5.41) is 2.76. The number of methoxy groups -OCH3 is 1. The van der Waals surface area contributed by atoms with Crippen LogP contribution in [0.3, 0.4) is 0 Å². The first-order valence-corrected chi connectivity index (χ1v) is 8.65. The van der Waals surface area contributed by atoms with Crippen LogP contribution in [-0.2, 0) is 20.9 Å². The van der Waals surface area contributed by atoms with Crippen LogP contribution in [0.4, 0.5) is 5.69 Å². The van der Waals surface area contributed by atoms with E-state index in [9.17, 15) is 9.59 Å². The third-order valence-electron chi connectivity index (χ3n) is 4.19. The molecule has 2 aromatic rings. The highest BCUT2D eigenvalue weighted by atomic mass is 16.5. The summed E-state index contributed by atoms with van der Waals surface area (Å²) in [5.41, 5.74) is 0.567. The molecule has 0 atom stereocenters. The molecular formula is C21H26N2O3. The van der Waals surface area contributed by atoms with E-state index in [0.717, 1.165) is 11.3 Å². The predicted octanol–water partition coefficient (Wildman–Crippen LogP) is 3.01. The number of carbonyl (C=O) groups is 2. The van der Waals surface area contributed by atoms with Crippen molar-refractivity contribution >= 4 is 17.5 Å². The van der Waals surface area contributed by atoms with Crippen molar-refractivity contribution in [3.63, 3.8) is 0 Å². The number of amides is 2. The molecule has 0 spiro atoms. The zero-order chi connectivity index (χ0) is 19.0. The second kappa shape index (κ2) is 9.15. The largest absolute Gasteiger partial charge is 0.383 e. The molecule has 0 heterocycles. The number of hydrogen-bond acceptors (Lipinski definition) is 3. The fourth-order valence-electron chi connectivity index (χ4n) is 2.58. The zero-order valence-electron chi connectivity index (χ0n) is 15.6. The van der Waals surface area contributed by atoms with E-state index in [1.807, 2.05) is 60.7 Å². The lowest BCUT2D eigenvalue weighted by Crippen LogP contribution is -2.50. The molecule has 26 heavy (non-hydrogen) atoms. The Balaban J connectivity index is 2.26. The molecule has 2 rings (SSSR count). The number of anilines is 1. The second-order valence-corrected chi connectivity index (χ2v) is 6.59. The number of benzene rings is 2. The lowest BCUT2D eigenvalue weighted by molar-refractivity contribution is -0.140. The maximum Gasteiger partial charge on any atom is 0.242 e. The van der Waals surface area contributed by atoms with Gasteiger partial charge in [0.25, 0.3) is 0 Å². The van der Waals surface area contributed by atoms with Gasteiger partial charge in [0.2, 0.25) is 11.8 Å². The van der Waals surface area contributed by atoms with Crippen LogP contribution in [0.2, 0.25) is 0 Å². The number of carbonyl (C=O) groups excluding carboxylic acids is 2. The summed E-state index contributed by atoms with van der Waals surface area (Å²) in [6.45, 7) is 4.48. The molecule has 0 aromatic heterocycles. The number of nitrogens with one attached hydrogen (secondary N) is 1. The Morgan fingerprint density at radius 2 is 1.58 bits per heavy atom. The van der Waals surface area contributed by atoms with E-state index in [4.69, 9.17) is 4.74 Å². The van der Waals surface area contributed by atoms with Crippen LogP contribution in [0.5, 0.6) is 0 Å². The molecule has 0 saturated carbocycles. The van der Waals surface area contributed by atoms with Gasteiger partial charge in [-0.15, -0.1) is 0 Å². The zero-order valence-corrected chi connectivity index (χ0v) is 15.6. The monoisotopic (exact) mass is 354 g/mol. The van der Waals surface area contributed by atoms with Crippen molar-refractivity contribution in [2.75, 3.05) is 25.2 Å². The minimum atomic E-state index is -1.20. The molecule has 0 aliphatic rings. The number of para-hydroxylation sites is 1. The minimum absolute atomic E-state index is 0.248. The highest BCUT2D eigenvalue weighted by Crippen LogP contribution is 2.26. The van der Waals surface area contributed by atoms with Crippen molar-refractivity contribution in [3.05, 3.63) is 66.2 Å². The fraction of sp³-hybridized carbons (Fsp3) is 0.333. The van der Waals surface area contributed by atoms with Crippen molar-refractivity contribution in [2.45, 2.75) is 20.4 Å². The maximum absolute atomic E-state index is 13.3. The lowest BCUT2D eigenvalue weighted by atomic mass is 9.89. The summed E-state index contributed by atoms with van der Waals surface area (Å²) in [4.78, 5) is 27.5. The first-order chi connectivity index (χ1) is 12.5. The van der Waals surface area contributed by atoms with E-state index < -0.39 is 5.41 Å². The van der Waals surface area contributed by atoms with Gasteiger partial charge in [-0.1, -0.05) is 48.5 Å². The first kappa shape index (κ1) is 19.7. The second-order valence-electron chi connectivity index (χ2n) is 6.59. The van der Waals surface area contributed by atoms with Crippen LogP contribution in [0.25, 0.3) is 0 Å². The first-order valence-electron chi connectivity index (χ1n) is 8.65. The van der Waals surface area contributed by atoms with Gasteiger partial charge in [0.1, 0.15) is 5.41 Å². The molecule has 0 aliphatic carbocycles. The standard InChI is InChI=1S/C21H26N2O3/c1-21(2,19(24)22-14-15-26-3)20(25)23(18-12-8-5-9-13-18)16-17-10-6-4-7-11-17/h4-13H,14-16H2,1-3H3,(H,22,24). The molecular weight excluding hydrogens is 328 g/mol. The fourth-order valence-corrected chi connectivity index (χ4v) is 2.58. The van der Waals surface area contributed by atoms with Crippen LogP contribution in [-0.4, -0.2) is 32.1 Å². The summed E-state index contributed by atoms with van der Waals surface area (Å²) in [6, 6.07) is 19.2. The highest BCUT2D eigenvalue weighted by molar-refractivity contribution is 6.10. The summed E-state index contributed by atoms with van der Waals surface area (Å²) in [7, 11) is 1.57. The van der Waals surface area contributed by atoms with Crippen molar-refractivity contribution < 1.29 is 14.3 Å². The molecule has 0 radical (unpaired) electrons. The normalized spacial score (nSPS) is 11.0. The van der Waals surface area contributed by atoms with Crippen molar-refractivity contribution in [1.82, 2.24) is 5.32 Å². The van der Waals surface area contributed by atoms with E-state index in [0.29, 0.717) is 19.7 Å². The highest BCUT2D eigenvalue weighted by Gasteiger charge is 2.39. The van der Waals surface area contributed by atoms with Crippen LogP contribution >= 0.6 is 0 Å². The molecule has 2 aromatic carbocycles. The van der Waals surface area contributed by atoms with Gasteiger partial charge in [-0.25, -0.2) is 0 Å². The Morgan fingerprint density at radius 3 is 2.15 bits per heavy atom. The molecule has 5 nitrogen and oxygen atoms in total. The van der Waals surface area contributed by atoms with Gasteiger partial charge in [-0.2, -0.15) is 0 Å². The Bertz CT molecular complexity index is 715. The van der Waals surface area contributed by atoms with Gasteiger partial charge in [-0.3, -0.25) is 9.59 Å². The van der Waals surface area contributed by atoms with Gasteiger partial charge in [-0.05, 0) is 31.5 Å². The molecule has 5 heteroatoms. The van der Waals surface area contributed by atoms with E-state index in [-0.39, 0.29) is 11.8 Å². The molecule has 0 aliphatic heterocycles. The quantitative estimate of drug-likeness (QED) is 0.586. The predicted molar refractivity (Wildman–Crippen MR) is 103 cm³/mol. The van der Waals surface area contributed by atoms with Crippen molar-refractivity contribution in [2.24, 2.45) is 5.41 Å². The topological polar surface area (TPSA) is 58.6 Å². The van der Waals surface area contributed by atoms with Crippen molar-refractivity contribution in [3.8, 4) is 0 Å². The van der Waals surface area contributed by atoms with Crippen LogP contribution in [0.15, 0.2) is 60.7 Å². The lowest BCUT2D eigenvalue weighted by Gasteiger charge is -2.31. The minimum Gasteiger partial charge on any atom is -0.383 e. The maximum atomic E-state index is 13.3. The number of ether oxygens (including phenoxy) is 1. The van der Waals surface area contributed by atoms with Crippen LogP contribution < -0.4 is 10.2 Å². The summed E-state index contributed by atoms with van der Waals surface area (Å²) >= 11 is 0. The van der Waals surface area contributed by atoms with Gasteiger partial charge >= 0.3 is 0 Å². The average Bonchev–Trinajstić information content (AvgIpc) is 2.67. The summed E-state index contributed by atoms with van der Waals surface area (Å²) in [6.07, 6.45) is 0. The Hall–Kier alpha value is -2.66. The van der Waals surface area contributed by atoms with E-state index >= 15 is 0 Å². The smallest absolute Gasteiger partial charge is 0.242 e. The van der Waals surface area contributed by atoms with Gasteiger partial charge in [0.15, 0.2) is 0 Å². The third-order valence-corrected chi connectivity index (χ3v) is 4.19. The number of hydrogen-bond donors (Lipinski definition) is 1. The molecule has 0 saturated heterocycles. The van der Waals surface area contributed by atoms with E-state index in [2.05, 4.69) is 5.32 Å². The van der Waals surface area contributed by atoms with Gasteiger partial charge in [0.05, 0.1) is 13.2 Å². The molecule has 1 N–H and O–H groups in total. The summed E-state index contributed by atoms with van der Waals surface area (Å²) in [5.74, 6) is -0.559. The third kappa shape index (κ3) is 4.92. The number of rotatable bonds is 8. The summed E-state index contributed by atoms with van der Waals surface area (Å²) < 4.78 is 4.95. The SMILES string of the molecule is COCCNC(=O)C(C)(C)C(=O)N(Cc1ccccc1)c1ccccc1.